The van der Waals surface area contributed by atoms with Crippen LogP contribution in [0.15, 0.2) is 0 Å². The molecule has 2 atom stereocenters. The standard InChI is InChI=1S/C19H26F6O8/c1-4-5-6-7-8-9-10-13(14(26)30-11(2)32-16(28)18(20,21)22)15(27)31-12(3)33-17(29)19(23,24)25/h11-13H,4-10H2,1-3H3. The van der Waals surface area contributed by atoms with Gasteiger partial charge in [0, 0.05) is 13.8 Å². The van der Waals surface area contributed by atoms with E-state index in [1.807, 2.05) is 6.92 Å². The Morgan fingerprint density at radius 1 is 0.636 bits per heavy atom. The van der Waals surface area contributed by atoms with Gasteiger partial charge in [0.2, 0.25) is 12.6 Å². The fourth-order valence-corrected chi connectivity index (χ4v) is 2.44. The third-order valence-corrected chi connectivity index (χ3v) is 3.99. The van der Waals surface area contributed by atoms with Gasteiger partial charge in [-0.15, -0.1) is 0 Å². The van der Waals surface area contributed by atoms with Crippen LogP contribution in [0.4, 0.5) is 26.3 Å². The van der Waals surface area contributed by atoms with Gasteiger partial charge >= 0.3 is 36.2 Å². The molecule has 0 aromatic carbocycles. The maximum atomic E-state index is 12.3. The first-order chi connectivity index (χ1) is 15.1. The SMILES string of the molecule is CCCCCCCCC(C(=O)OC(C)OC(=O)C(F)(F)F)C(=O)OC(C)OC(=O)C(F)(F)F. The van der Waals surface area contributed by atoms with E-state index in [4.69, 9.17) is 0 Å². The van der Waals surface area contributed by atoms with Gasteiger partial charge in [-0.3, -0.25) is 9.59 Å². The lowest BCUT2D eigenvalue weighted by Gasteiger charge is -2.21. The van der Waals surface area contributed by atoms with Gasteiger partial charge in [0.05, 0.1) is 0 Å². The fourth-order valence-electron chi connectivity index (χ4n) is 2.44. The van der Waals surface area contributed by atoms with Crippen LogP contribution in [-0.4, -0.2) is 48.8 Å². The molecule has 0 aliphatic carbocycles. The highest BCUT2D eigenvalue weighted by Crippen LogP contribution is 2.21. The monoisotopic (exact) mass is 496 g/mol. The summed E-state index contributed by atoms with van der Waals surface area (Å²) in [6.07, 6.45) is -10.6. The summed E-state index contributed by atoms with van der Waals surface area (Å²) in [5, 5.41) is 0. The van der Waals surface area contributed by atoms with Crippen molar-refractivity contribution in [2.45, 2.75) is 90.6 Å². The molecule has 0 heterocycles. The number of esters is 4. The zero-order chi connectivity index (χ0) is 25.8. The summed E-state index contributed by atoms with van der Waals surface area (Å²) < 4.78 is 90.4. The Balaban J connectivity index is 5.10. The Bertz CT molecular complexity index is 614. The van der Waals surface area contributed by atoms with Crippen molar-refractivity contribution in [3.8, 4) is 0 Å². The molecule has 0 aromatic rings. The lowest BCUT2D eigenvalue weighted by molar-refractivity contribution is -0.227. The minimum atomic E-state index is -5.35. The molecule has 0 aromatic heterocycles. The highest BCUT2D eigenvalue weighted by Gasteiger charge is 2.44. The number of carbonyl (C=O) groups excluding carboxylic acids is 4. The molecule has 0 bridgehead atoms. The summed E-state index contributed by atoms with van der Waals surface area (Å²) in [5.74, 6) is -9.89. The van der Waals surface area contributed by atoms with Crippen LogP contribution in [0.3, 0.4) is 0 Å². The van der Waals surface area contributed by atoms with Gasteiger partial charge < -0.3 is 18.9 Å². The van der Waals surface area contributed by atoms with Crippen LogP contribution in [0.5, 0.6) is 0 Å². The molecule has 0 aliphatic rings. The first kappa shape index (κ1) is 30.5. The van der Waals surface area contributed by atoms with Crippen molar-refractivity contribution in [3.63, 3.8) is 0 Å². The molecule has 33 heavy (non-hydrogen) atoms. The predicted molar refractivity (Wildman–Crippen MR) is 96.9 cm³/mol. The maximum absolute atomic E-state index is 12.3. The molecule has 0 aliphatic heterocycles. The van der Waals surface area contributed by atoms with Crippen LogP contribution < -0.4 is 0 Å². The molecular weight excluding hydrogens is 470 g/mol. The van der Waals surface area contributed by atoms with Gasteiger partial charge in [-0.25, -0.2) is 9.59 Å². The number of hydrogen-bond donors (Lipinski definition) is 0. The van der Waals surface area contributed by atoms with Crippen molar-refractivity contribution < 1.29 is 64.5 Å². The third-order valence-electron chi connectivity index (χ3n) is 3.99. The van der Waals surface area contributed by atoms with Crippen LogP contribution in [0.1, 0.15) is 65.7 Å². The summed E-state index contributed by atoms with van der Waals surface area (Å²) >= 11 is 0. The van der Waals surface area contributed by atoms with E-state index >= 15 is 0 Å². The summed E-state index contributed by atoms with van der Waals surface area (Å²) in [6.45, 7) is 3.58. The van der Waals surface area contributed by atoms with Crippen LogP contribution >= 0.6 is 0 Å². The molecule has 0 spiro atoms. The molecule has 0 amide bonds. The number of carbonyl (C=O) groups is 4. The van der Waals surface area contributed by atoms with E-state index in [-0.39, 0.29) is 12.8 Å². The molecule has 14 heteroatoms. The van der Waals surface area contributed by atoms with Crippen LogP contribution in [-0.2, 0) is 38.1 Å². The summed E-state index contributed by atoms with van der Waals surface area (Å²) in [7, 11) is 0. The van der Waals surface area contributed by atoms with Crippen molar-refractivity contribution in [3.05, 3.63) is 0 Å². The lowest BCUT2D eigenvalue weighted by atomic mass is 10.0. The normalized spacial score (nSPS) is 14.6. The van der Waals surface area contributed by atoms with Crippen LogP contribution in [0.25, 0.3) is 0 Å². The van der Waals surface area contributed by atoms with Gasteiger partial charge in [-0.1, -0.05) is 45.4 Å². The number of alkyl halides is 6. The van der Waals surface area contributed by atoms with E-state index in [1.54, 1.807) is 0 Å². The molecule has 0 radical (unpaired) electrons. The summed E-state index contributed by atoms with van der Waals surface area (Å²) in [4.78, 5) is 46.2. The molecule has 0 rings (SSSR count). The van der Waals surface area contributed by atoms with E-state index in [0.29, 0.717) is 6.42 Å². The molecule has 2 unspecified atom stereocenters. The minimum absolute atomic E-state index is 0.219. The zero-order valence-corrected chi connectivity index (χ0v) is 18.2. The third kappa shape index (κ3) is 12.9. The van der Waals surface area contributed by atoms with Gasteiger partial charge in [-0.05, 0) is 6.42 Å². The zero-order valence-electron chi connectivity index (χ0n) is 18.2. The number of halogens is 6. The maximum Gasteiger partial charge on any atom is 0.491 e. The second-order valence-corrected chi connectivity index (χ2v) is 6.92. The number of hydrogen-bond acceptors (Lipinski definition) is 8. The van der Waals surface area contributed by atoms with Crippen molar-refractivity contribution in [1.29, 1.82) is 0 Å². The van der Waals surface area contributed by atoms with E-state index < -0.39 is 54.7 Å². The van der Waals surface area contributed by atoms with Crippen molar-refractivity contribution in [1.82, 2.24) is 0 Å². The Hall–Kier alpha value is -2.54. The van der Waals surface area contributed by atoms with Crippen LogP contribution in [0.2, 0.25) is 0 Å². The second-order valence-electron chi connectivity index (χ2n) is 6.92. The average molecular weight is 496 g/mol. The fraction of sp³-hybridized carbons (Fsp3) is 0.789. The van der Waals surface area contributed by atoms with E-state index in [1.165, 1.54) is 0 Å². The quantitative estimate of drug-likeness (QED) is 0.122. The molecule has 0 saturated carbocycles. The molecule has 0 N–H and O–H groups in total. The number of rotatable bonds is 13. The van der Waals surface area contributed by atoms with E-state index in [0.717, 1.165) is 39.5 Å². The Morgan fingerprint density at radius 2 is 1.00 bits per heavy atom. The molecule has 0 fully saturated rings. The molecule has 192 valence electrons. The first-order valence-corrected chi connectivity index (χ1v) is 10.1. The summed E-state index contributed by atoms with van der Waals surface area (Å²) in [5.41, 5.74) is 0. The van der Waals surface area contributed by atoms with Crippen molar-refractivity contribution in [2.75, 3.05) is 0 Å². The molecular formula is C19H26F6O8. The van der Waals surface area contributed by atoms with E-state index in [9.17, 15) is 45.5 Å². The predicted octanol–water partition coefficient (Wildman–Crippen LogP) is 4.34. The van der Waals surface area contributed by atoms with Crippen molar-refractivity contribution >= 4 is 23.9 Å². The van der Waals surface area contributed by atoms with E-state index in [2.05, 4.69) is 18.9 Å². The summed E-state index contributed by atoms with van der Waals surface area (Å²) in [6, 6.07) is 0. The van der Waals surface area contributed by atoms with Gasteiger partial charge in [0.1, 0.15) is 0 Å². The Morgan fingerprint density at radius 3 is 1.36 bits per heavy atom. The molecule has 8 nitrogen and oxygen atoms in total. The Labute approximate surface area is 185 Å². The first-order valence-electron chi connectivity index (χ1n) is 10.1. The smallest absolute Gasteiger partial charge is 0.425 e. The highest BCUT2D eigenvalue weighted by molar-refractivity contribution is 5.95. The molecule has 0 saturated heterocycles. The average Bonchev–Trinajstić information content (AvgIpc) is 2.65. The van der Waals surface area contributed by atoms with Gasteiger partial charge in [-0.2, -0.15) is 26.3 Å². The second kappa shape index (κ2) is 13.9. The van der Waals surface area contributed by atoms with Gasteiger partial charge in [0.15, 0.2) is 5.92 Å². The minimum Gasteiger partial charge on any atom is -0.425 e. The van der Waals surface area contributed by atoms with Gasteiger partial charge in [0.25, 0.3) is 0 Å². The van der Waals surface area contributed by atoms with Crippen molar-refractivity contribution in [2.24, 2.45) is 5.92 Å². The highest BCUT2D eigenvalue weighted by atomic mass is 19.4. The Kier molecular flexibility index (Phi) is 12.8. The lowest BCUT2D eigenvalue weighted by Crippen LogP contribution is -2.37. The largest absolute Gasteiger partial charge is 0.491 e. The van der Waals surface area contributed by atoms with Crippen LogP contribution in [0, 0.1) is 5.92 Å². The topological polar surface area (TPSA) is 105 Å². The number of unbranched alkanes of at least 4 members (excludes halogenated alkanes) is 5. The number of ether oxygens (including phenoxy) is 4.